The number of nitrogens with one attached hydrogen (secondary N) is 1. The Labute approximate surface area is 188 Å². The summed E-state index contributed by atoms with van der Waals surface area (Å²) in [5.41, 5.74) is 8.68. The minimum absolute atomic E-state index is 0.250. The van der Waals surface area contributed by atoms with Gasteiger partial charge >= 0.3 is 0 Å². The summed E-state index contributed by atoms with van der Waals surface area (Å²) in [6.07, 6.45) is 0.781. The summed E-state index contributed by atoms with van der Waals surface area (Å²) in [6.45, 7) is 2.53. The first-order valence-corrected chi connectivity index (χ1v) is 10.2. The smallest absolute Gasteiger partial charge is 0.259 e. The molecule has 0 aliphatic rings. The number of hydrogen-bond donors (Lipinski definition) is 2. The van der Waals surface area contributed by atoms with Gasteiger partial charge in [0.25, 0.3) is 5.91 Å². The molecule has 0 atom stereocenters. The summed E-state index contributed by atoms with van der Waals surface area (Å²) >= 11 is 0. The topological polar surface area (TPSA) is 92.0 Å². The summed E-state index contributed by atoms with van der Waals surface area (Å²) in [7, 11) is 4.45. The number of rotatable bonds is 9. The minimum atomic E-state index is -0.364. The number of ether oxygens (including phenoxy) is 4. The Hall–Kier alpha value is -3.71. The van der Waals surface area contributed by atoms with Gasteiger partial charge in [0.2, 0.25) is 11.5 Å². The van der Waals surface area contributed by atoms with E-state index in [1.807, 2.05) is 55.5 Å². The van der Waals surface area contributed by atoms with Gasteiger partial charge in [0.1, 0.15) is 5.75 Å². The van der Waals surface area contributed by atoms with E-state index in [0.717, 1.165) is 17.5 Å². The van der Waals surface area contributed by atoms with Crippen LogP contribution in [0.3, 0.4) is 0 Å². The Morgan fingerprint density at radius 2 is 1.59 bits per heavy atom. The van der Waals surface area contributed by atoms with E-state index < -0.39 is 0 Å². The van der Waals surface area contributed by atoms with E-state index in [1.165, 1.54) is 21.3 Å². The molecule has 168 valence electrons. The van der Waals surface area contributed by atoms with Crippen LogP contribution >= 0.6 is 0 Å². The third kappa shape index (κ3) is 5.12. The molecule has 32 heavy (non-hydrogen) atoms. The molecule has 0 fully saturated rings. The highest BCUT2D eigenvalue weighted by atomic mass is 16.5. The maximum absolute atomic E-state index is 13.1. The summed E-state index contributed by atoms with van der Waals surface area (Å²) in [5.74, 6) is 1.38. The number of nitrogens with two attached hydrogens (primary N) is 1. The van der Waals surface area contributed by atoms with E-state index >= 15 is 0 Å². The average molecular weight is 437 g/mol. The minimum Gasteiger partial charge on any atom is -0.492 e. The van der Waals surface area contributed by atoms with Gasteiger partial charge in [-0.25, -0.2) is 0 Å². The molecule has 0 bridgehead atoms. The van der Waals surface area contributed by atoms with E-state index in [9.17, 15) is 4.79 Å². The van der Waals surface area contributed by atoms with Crippen LogP contribution in [0.5, 0.6) is 28.7 Å². The maximum Gasteiger partial charge on any atom is 0.259 e. The lowest BCUT2D eigenvalue weighted by Crippen LogP contribution is -2.14. The van der Waals surface area contributed by atoms with Gasteiger partial charge in [0, 0.05) is 11.8 Å². The highest BCUT2D eigenvalue weighted by molar-refractivity contribution is 6.07. The van der Waals surface area contributed by atoms with E-state index in [1.54, 1.807) is 6.07 Å². The molecule has 7 heteroatoms. The Morgan fingerprint density at radius 3 is 2.19 bits per heavy atom. The molecule has 3 rings (SSSR count). The van der Waals surface area contributed by atoms with Gasteiger partial charge in [-0.2, -0.15) is 0 Å². The van der Waals surface area contributed by atoms with Gasteiger partial charge in [-0.1, -0.05) is 24.3 Å². The van der Waals surface area contributed by atoms with Crippen molar-refractivity contribution in [1.82, 2.24) is 0 Å². The Kier molecular flexibility index (Phi) is 7.57. The lowest BCUT2D eigenvalue weighted by Gasteiger charge is -2.19. The van der Waals surface area contributed by atoms with Crippen molar-refractivity contribution in [1.29, 1.82) is 0 Å². The van der Waals surface area contributed by atoms with Crippen LogP contribution in [0.1, 0.15) is 21.5 Å². The predicted molar refractivity (Wildman–Crippen MR) is 125 cm³/mol. The molecule has 0 aliphatic heterocycles. The predicted octanol–water partition coefficient (Wildman–Crippen LogP) is 4.57. The van der Waals surface area contributed by atoms with Crippen molar-refractivity contribution in [3.8, 4) is 28.7 Å². The molecule has 0 aromatic heterocycles. The van der Waals surface area contributed by atoms with Gasteiger partial charge in [0.15, 0.2) is 11.5 Å². The molecule has 0 spiro atoms. The summed E-state index contributed by atoms with van der Waals surface area (Å²) < 4.78 is 22.6. The molecule has 3 N–H and O–H groups in total. The van der Waals surface area contributed by atoms with Crippen molar-refractivity contribution in [2.24, 2.45) is 5.73 Å². The molecule has 0 aliphatic carbocycles. The molecule has 0 unspecified atom stereocenters. The SMILES string of the molecule is COc1c(Oc2ccc(CCN)cc2)cc(C(=O)Nc2cccc(C)c2)c(OC)c1OC. The largest absolute Gasteiger partial charge is 0.492 e. The first-order valence-electron chi connectivity index (χ1n) is 10.2. The number of hydrogen-bond acceptors (Lipinski definition) is 6. The van der Waals surface area contributed by atoms with E-state index in [-0.39, 0.29) is 23.0 Å². The molecule has 3 aromatic rings. The zero-order chi connectivity index (χ0) is 23.1. The number of methoxy groups -OCH3 is 3. The molecule has 0 saturated heterocycles. The lowest BCUT2D eigenvalue weighted by atomic mass is 10.1. The standard InChI is InChI=1S/C25H28N2O5/c1-16-6-5-7-18(14-16)27-25(28)20-15-21(23(30-3)24(31-4)22(20)29-2)32-19-10-8-17(9-11-19)12-13-26/h5-11,14-15H,12-13,26H2,1-4H3,(H,27,28). The summed E-state index contributed by atoms with van der Waals surface area (Å²) in [5, 5.41) is 2.89. The Bertz CT molecular complexity index is 1080. The van der Waals surface area contributed by atoms with Crippen LogP contribution in [0, 0.1) is 6.92 Å². The molecule has 0 radical (unpaired) electrons. The van der Waals surface area contributed by atoms with Gasteiger partial charge in [-0.05, 0) is 55.3 Å². The molecule has 0 heterocycles. The molecule has 1 amide bonds. The van der Waals surface area contributed by atoms with E-state index in [2.05, 4.69) is 5.32 Å². The second-order valence-corrected chi connectivity index (χ2v) is 7.13. The van der Waals surface area contributed by atoms with Crippen LogP contribution in [-0.4, -0.2) is 33.8 Å². The Balaban J connectivity index is 2.01. The maximum atomic E-state index is 13.1. The third-order valence-electron chi connectivity index (χ3n) is 4.87. The number of carbonyl (C=O) groups excluding carboxylic acids is 1. The number of benzene rings is 3. The normalized spacial score (nSPS) is 10.4. The van der Waals surface area contributed by atoms with Crippen molar-refractivity contribution < 1.29 is 23.7 Å². The first-order chi connectivity index (χ1) is 15.5. The monoisotopic (exact) mass is 436 g/mol. The van der Waals surface area contributed by atoms with Gasteiger partial charge in [-0.3, -0.25) is 4.79 Å². The average Bonchev–Trinajstić information content (AvgIpc) is 2.79. The van der Waals surface area contributed by atoms with Crippen molar-refractivity contribution in [3.05, 3.63) is 71.3 Å². The van der Waals surface area contributed by atoms with Gasteiger partial charge in [0.05, 0.1) is 26.9 Å². The summed E-state index contributed by atoms with van der Waals surface area (Å²) in [4.78, 5) is 13.1. The van der Waals surface area contributed by atoms with Crippen LogP contribution in [0.2, 0.25) is 0 Å². The lowest BCUT2D eigenvalue weighted by molar-refractivity contribution is 0.102. The highest BCUT2D eigenvalue weighted by Crippen LogP contribution is 2.48. The van der Waals surface area contributed by atoms with Crippen molar-refractivity contribution in [3.63, 3.8) is 0 Å². The highest BCUT2D eigenvalue weighted by Gasteiger charge is 2.26. The number of carbonyl (C=O) groups is 1. The van der Waals surface area contributed by atoms with Crippen LogP contribution in [0.25, 0.3) is 0 Å². The van der Waals surface area contributed by atoms with Gasteiger partial charge in [-0.15, -0.1) is 0 Å². The number of amides is 1. The van der Waals surface area contributed by atoms with Gasteiger partial charge < -0.3 is 30.0 Å². The molecular formula is C25H28N2O5. The zero-order valence-electron chi connectivity index (χ0n) is 18.7. The fourth-order valence-electron chi connectivity index (χ4n) is 3.36. The van der Waals surface area contributed by atoms with Crippen molar-refractivity contribution >= 4 is 11.6 Å². The molecular weight excluding hydrogens is 408 g/mol. The number of aryl methyl sites for hydroxylation is 1. The van der Waals surface area contributed by atoms with Crippen LogP contribution in [-0.2, 0) is 6.42 Å². The molecule has 0 saturated carbocycles. The summed E-state index contributed by atoms with van der Waals surface area (Å²) in [6, 6.07) is 16.7. The van der Waals surface area contributed by atoms with Crippen LogP contribution < -0.4 is 30.0 Å². The first kappa shape index (κ1) is 23.0. The third-order valence-corrected chi connectivity index (χ3v) is 4.87. The second kappa shape index (κ2) is 10.5. The fraction of sp³-hybridized carbons (Fsp3) is 0.240. The van der Waals surface area contributed by atoms with Crippen molar-refractivity contribution in [2.75, 3.05) is 33.2 Å². The van der Waals surface area contributed by atoms with Crippen molar-refractivity contribution in [2.45, 2.75) is 13.3 Å². The zero-order valence-corrected chi connectivity index (χ0v) is 18.7. The second-order valence-electron chi connectivity index (χ2n) is 7.13. The quantitative estimate of drug-likeness (QED) is 0.511. The molecule has 3 aromatic carbocycles. The Morgan fingerprint density at radius 1 is 0.906 bits per heavy atom. The fourth-order valence-corrected chi connectivity index (χ4v) is 3.36. The van der Waals surface area contributed by atoms with Crippen LogP contribution in [0.15, 0.2) is 54.6 Å². The van der Waals surface area contributed by atoms with Crippen LogP contribution in [0.4, 0.5) is 5.69 Å². The molecule has 7 nitrogen and oxygen atoms in total. The van der Waals surface area contributed by atoms with E-state index in [4.69, 9.17) is 24.7 Å². The number of anilines is 1. The van der Waals surface area contributed by atoms with E-state index in [0.29, 0.717) is 29.5 Å².